The van der Waals surface area contributed by atoms with E-state index >= 15 is 0 Å². The number of benzene rings is 1. The topological polar surface area (TPSA) is 66.0 Å². The number of aromatic nitrogens is 3. The zero-order valence-corrected chi connectivity index (χ0v) is 13.8. The van der Waals surface area contributed by atoms with Crippen LogP contribution in [0.25, 0.3) is 0 Å². The number of thioether (sulfide) groups is 1. The van der Waals surface area contributed by atoms with Crippen LogP contribution in [0.1, 0.15) is 36.8 Å². The molecule has 0 amide bonds. The monoisotopic (exact) mass is 306 g/mol. The third-order valence-corrected chi connectivity index (χ3v) is 4.39. The van der Waals surface area contributed by atoms with E-state index < -0.39 is 0 Å². The molecule has 1 aromatic heterocycles. The number of ether oxygens (including phenoxy) is 1. The largest absolute Gasteiger partial charge is 0.494 e. The molecule has 2 N–H and O–H groups in total. The second kappa shape index (κ2) is 6.95. The molecule has 0 aliphatic heterocycles. The molecule has 6 heteroatoms. The Labute approximate surface area is 129 Å². The Kier molecular flexibility index (Phi) is 5.25. The zero-order valence-electron chi connectivity index (χ0n) is 13.0. The van der Waals surface area contributed by atoms with Crippen LogP contribution in [0, 0.1) is 6.92 Å². The summed E-state index contributed by atoms with van der Waals surface area (Å²) in [5.74, 6) is 2.60. The van der Waals surface area contributed by atoms with Gasteiger partial charge in [-0.1, -0.05) is 17.8 Å². The van der Waals surface area contributed by atoms with Gasteiger partial charge >= 0.3 is 0 Å². The minimum atomic E-state index is 0.0153. The highest BCUT2D eigenvalue weighted by Crippen LogP contribution is 2.29. The van der Waals surface area contributed by atoms with Crippen molar-refractivity contribution >= 4 is 11.8 Å². The van der Waals surface area contributed by atoms with E-state index in [1.165, 1.54) is 0 Å². The van der Waals surface area contributed by atoms with Crippen molar-refractivity contribution in [1.82, 2.24) is 14.8 Å². The number of hydrogen-bond acceptors (Lipinski definition) is 5. The lowest BCUT2D eigenvalue weighted by Gasteiger charge is -2.13. The van der Waals surface area contributed by atoms with Crippen LogP contribution < -0.4 is 10.5 Å². The third-order valence-electron chi connectivity index (χ3n) is 3.32. The lowest BCUT2D eigenvalue weighted by Crippen LogP contribution is -2.06. The van der Waals surface area contributed by atoms with Gasteiger partial charge in [-0.05, 0) is 38.5 Å². The molecule has 0 saturated heterocycles. The van der Waals surface area contributed by atoms with Crippen LogP contribution in [-0.2, 0) is 12.8 Å². The first-order valence-corrected chi connectivity index (χ1v) is 8.01. The van der Waals surface area contributed by atoms with Crippen molar-refractivity contribution in [3.63, 3.8) is 0 Å². The van der Waals surface area contributed by atoms with Gasteiger partial charge in [-0.25, -0.2) is 0 Å². The molecule has 1 atom stereocenters. The number of aryl methyl sites for hydroxylation is 1. The standard InChI is InChI=1S/C15H22N4OS/c1-5-20-14-7-6-12(10(2)16)8-13(14)9-21-15-18-17-11(3)19(15)4/h6-8,10H,5,9,16H2,1-4H3. The lowest BCUT2D eigenvalue weighted by atomic mass is 10.1. The first-order chi connectivity index (χ1) is 10.0. The highest BCUT2D eigenvalue weighted by Gasteiger charge is 2.11. The molecule has 0 radical (unpaired) electrons. The molecule has 114 valence electrons. The molecule has 1 aromatic carbocycles. The summed E-state index contributed by atoms with van der Waals surface area (Å²) in [6.45, 7) is 6.57. The summed E-state index contributed by atoms with van der Waals surface area (Å²) in [5, 5.41) is 9.15. The quantitative estimate of drug-likeness (QED) is 0.831. The molecule has 0 bridgehead atoms. The molecule has 5 nitrogen and oxygen atoms in total. The fourth-order valence-electron chi connectivity index (χ4n) is 1.95. The molecule has 0 saturated carbocycles. The van der Waals surface area contributed by atoms with E-state index in [9.17, 15) is 0 Å². The van der Waals surface area contributed by atoms with E-state index in [4.69, 9.17) is 10.5 Å². The summed E-state index contributed by atoms with van der Waals surface area (Å²) in [5.41, 5.74) is 8.22. The number of nitrogens with zero attached hydrogens (tertiary/aromatic N) is 3. The van der Waals surface area contributed by atoms with E-state index in [1.807, 2.05) is 44.5 Å². The van der Waals surface area contributed by atoms with Crippen LogP contribution in [-0.4, -0.2) is 21.4 Å². The summed E-state index contributed by atoms with van der Waals surface area (Å²) in [6.07, 6.45) is 0. The normalized spacial score (nSPS) is 12.4. The average molecular weight is 306 g/mol. The van der Waals surface area contributed by atoms with Crippen molar-refractivity contribution in [2.75, 3.05) is 6.61 Å². The Morgan fingerprint density at radius 2 is 2.14 bits per heavy atom. The van der Waals surface area contributed by atoms with Crippen LogP contribution in [0.2, 0.25) is 0 Å². The molecule has 21 heavy (non-hydrogen) atoms. The molecular weight excluding hydrogens is 284 g/mol. The van der Waals surface area contributed by atoms with Gasteiger partial charge in [0.15, 0.2) is 5.16 Å². The smallest absolute Gasteiger partial charge is 0.191 e. The Morgan fingerprint density at radius 1 is 1.38 bits per heavy atom. The van der Waals surface area contributed by atoms with Crippen molar-refractivity contribution < 1.29 is 4.74 Å². The van der Waals surface area contributed by atoms with Crippen LogP contribution in [0.3, 0.4) is 0 Å². The lowest BCUT2D eigenvalue weighted by molar-refractivity contribution is 0.337. The van der Waals surface area contributed by atoms with Gasteiger partial charge in [-0.2, -0.15) is 0 Å². The Bertz CT molecular complexity index is 610. The van der Waals surface area contributed by atoms with Gasteiger partial charge in [0, 0.05) is 24.4 Å². The molecule has 2 aromatic rings. The molecule has 1 unspecified atom stereocenters. The Morgan fingerprint density at radius 3 is 2.71 bits per heavy atom. The van der Waals surface area contributed by atoms with Gasteiger partial charge in [0.25, 0.3) is 0 Å². The summed E-state index contributed by atoms with van der Waals surface area (Å²) >= 11 is 1.65. The fraction of sp³-hybridized carbons (Fsp3) is 0.467. The van der Waals surface area contributed by atoms with Crippen molar-refractivity contribution in [2.24, 2.45) is 12.8 Å². The van der Waals surface area contributed by atoms with Crippen molar-refractivity contribution in [3.8, 4) is 5.75 Å². The zero-order chi connectivity index (χ0) is 15.4. The van der Waals surface area contributed by atoms with Crippen LogP contribution in [0.5, 0.6) is 5.75 Å². The second-order valence-electron chi connectivity index (χ2n) is 4.97. The van der Waals surface area contributed by atoms with Gasteiger partial charge in [0.05, 0.1) is 6.61 Å². The summed E-state index contributed by atoms with van der Waals surface area (Å²) in [6, 6.07) is 6.16. The fourth-order valence-corrected chi connectivity index (χ4v) is 2.88. The maximum absolute atomic E-state index is 5.97. The van der Waals surface area contributed by atoms with Crippen molar-refractivity contribution in [3.05, 3.63) is 35.2 Å². The SMILES string of the molecule is CCOc1ccc(C(C)N)cc1CSc1nnc(C)n1C. The van der Waals surface area contributed by atoms with Crippen LogP contribution in [0.15, 0.2) is 23.4 Å². The van der Waals surface area contributed by atoms with Crippen molar-refractivity contribution in [1.29, 1.82) is 0 Å². The van der Waals surface area contributed by atoms with E-state index in [0.29, 0.717) is 6.61 Å². The van der Waals surface area contributed by atoms with Crippen molar-refractivity contribution in [2.45, 2.75) is 37.7 Å². The van der Waals surface area contributed by atoms with E-state index in [0.717, 1.165) is 33.6 Å². The minimum Gasteiger partial charge on any atom is -0.494 e. The Hall–Kier alpha value is -1.53. The van der Waals surface area contributed by atoms with E-state index in [1.54, 1.807) is 11.8 Å². The van der Waals surface area contributed by atoms with Gasteiger partial charge in [0.1, 0.15) is 11.6 Å². The Balaban J connectivity index is 2.20. The molecule has 1 heterocycles. The summed E-state index contributed by atoms with van der Waals surface area (Å²) in [7, 11) is 1.97. The number of rotatable bonds is 6. The van der Waals surface area contributed by atoms with E-state index in [2.05, 4.69) is 16.3 Å². The summed E-state index contributed by atoms with van der Waals surface area (Å²) in [4.78, 5) is 0. The maximum Gasteiger partial charge on any atom is 0.191 e. The van der Waals surface area contributed by atoms with Crippen LogP contribution >= 0.6 is 11.8 Å². The molecule has 0 spiro atoms. The highest BCUT2D eigenvalue weighted by atomic mass is 32.2. The number of hydrogen-bond donors (Lipinski definition) is 1. The van der Waals surface area contributed by atoms with Gasteiger partial charge in [0.2, 0.25) is 0 Å². The van der Waals surface area contributed by atoms with E-state index in [-0.39, 0.29) is 6.04 Å². The number of nitrogens with two attached hydrogens (primary N) is 1. The van der Waals surface area contributed by atoms with Crippen LogP contribution in [0.4, 0.5) is 0 Å². The molecule has 0 aliphatic rings. The molecular formula is C15H22N4OS. The average Bonchev–Trinajstić information content (AvgIpc) is 2.78. The molecule has 2 rings (SSSR count). The summed E-state index contributed by atoms with van der Waals surface area (Å²) < 4.78 is 7.69. The first kappa shape index (κ1) is 15.9. The van der Waals surface area contributed by atoms with Gasteiger partial charge < -0.3 is 15.0 Å². The van der Waals surface area contributed by atoms with Gasteiger partial charge in [-0.3, -0.25) is 0 Å². The predicted octanol–water partition coefficient (Wildman–Crippen LogP) is 2.83. The first-order valence-electron chi connectivity index (χ1n) is 7.03. The van der Waals surface area contributed by atoms with Gasteiger partial charge in [-0.15, -0.1) is 10.2 Å². The molecule has 0 aliphatic carbocycles. The molecule has 0 fully saturated rings. The minimum absolute atomic E-state index is 0.0153. The highest BCUT2D eigenvalue weighted by molar-refractivity contribution is 7.98. The predicted molar refractivity (Wildman–Crippen MR) is 85.5 cm³/mol. The third kappa shape index (κ3) is 3.77. The second-order valence-corrected chi connectivity index (χ2v) is 5.91. The maximum atomic E-state index is 5.97.